The first-order valence-corrected chi connectivity index (χ1v) is 5.73. The van der Waals surface area contributed by atoms with E-state index in [4.69, 9.17) is 10.8 Å². The van der Waals surface area contributed by atoms with Crippen LogP contribution in [0, 0.1) is 12.8 Å². The highest BCUT2D eigenvalue weighted by atomic mass is 16.4. The lowest BCUT2D eigenvalue weighted by Crippen LogP contribution is -2.28. The molecule has 6 heteroatoms. The Balaban J connectivity index is 2.31. The second-order valence-electron chi connectivity index (χ2n) is 4.48. The Hall–Kier alpha value is -2.11. The molecule has 1 aromatic rings. The number of carbonyl (C=O) groups excluding carboxylic acids is 1. The smallest absolute Gasteiger partial charge is 0.339 e. The molecule has 1 aliphatic rings. The molecule has 1 saturated heterocycles. The number of amides is 1. The molecule has 0 bridgehead atoms. The van der Waals surface area contributed by atoms with E-state index < -0.39 is 5.97 Å². The molecule has 1 amide bonds. The molecule has 2 heterocycles. The van der Waals surface area contributed by atoms with Crippen molar-refractivity contribution in [1.82, 2.24) is 4.98 Å². The third kappa shape index (κ3) is 2.27. The van der Waals surface area contributed by atoms with Crippen LogP contribution >= 0.6 is 0 Å². The number of anilines is 1. The minimum absolute atomic E-state index is 0.158. The van der Waals surface area contributed by atoms with E-state index >= 15 is 0 Å². The highest BCUT2D eigenvalue weighted by molar-refractivity contribution is 5.94. The van der Waals surface area contributed by atoms with Crippen molar-refractivity contribution in [3.05, 3.63) is 23.5 Å². The maximum atomic E-state index is 11.1. The van der Waals surface area contributed by atoms with Crippen LogP contribution in [0.3, 0.4) is 0 Å². The summed E-state index contributed by atoms with van der Waals surface area (Å²) in [6.45, 7) is 2.91. The van der Waals surface area contributed by atoms with Crippen molar-refractivity contribution in [1.29, 1.82) is 0 Å². The van der Waals surface area contributed by atoms with Gasteiger partial charge in [0.25, 0.3) is 0 Å². The molecule has 0 radical (unpaired) electrons. The van der Waals surface area contributed by atoms with Crippen molar-refractivity contribution in [3.8, 4) is 0 Å². The summed E-state index contributed by atoms with van der Waals surface area (Å²) in [5, 5.41) is 9.13. The maximum absolute atomic E-state index is 11.1. The number of carbonyl (C=O) groups is 2. The van der Waals surface area contributed by atoms with E-state index in [1.54, 1.807) is 13.0 Å². The summed E-state index contributed by atoms with van der Waals surface area (Å²) in [5.41, 5.74) is 6.79. The van der Waals surface area contributed by atoms with Gasteiger partial charge in [-0.1, -0.05) is 0 Å². The molecule has 0 spiro atoms. The van der Waals surface area contributed by atoms with Crippen molar-refractivity contribution in [3.63, 3.8) is 0 Å². The van der Waals surface area contributed by atoms with E-state index in [0.29, 0.717) is 25.2 Å². The number of carboxylic acid groups (broad SMARTS) is 1. The van der Waals surface area contributed by atoms with Gasteiger partial charge < -0.3 is 15.7 Å². The fourth-order valence-electron chi connectivity index (χ4n) is 2.18. The lowest BCUT2D eigenvalue weighted by atomic mass is 10.1. The maximum Gasteiger partial charge on any atom is 0.339 e. The Bertz CT molecular complexity index is 501. The van der Waals surface area contributed by atoms with Crippen LogP contribution in [0.4, 0.5) is 5.69 Å². The largest absolute Gasteiger partial charge is 0.478 e. The quantitative estimate of drug-likeness (QED) is 0.808. The van der Waals surface area contributed by atoms with Gasteiger partial charge in [-0.3, -0.25) is 9.78 Å². The summed E-state index contributed by atoms with van der Waals surface area (Å²) >= 11 is 0. The van der Waals surface area contributed by atoms with Crippen LogP contribution in [-0.2, 0) is 4.79 Å². The molecule has 96 valence electrons. The summed E-state index contributed by atoms with van der Waals surface area (Å²) in [4.78, 5) is 28.1. The van der Waals surface area contributed by atoms with E-state index in [2.05, 4.69) is 4.98 Å². The molecule has 1 aliphatic heterocycles. The predicted octanol–water partition coefficient (Wildman–Crippen LogP) is 0.400. The van der Waals surface area contributed by atoms with E-state index in [0.717, 1.165) is 5.69 Å². The lowest BCUT2D eigenvalue weighted by molar-refractivity contribution is -0.121. The number of aromatic carboxylic acids is 1. The molecule has 1 atom stereocenters. The number of carboxylic acids is 1. The van der Waals surface area contributed by atoms with Gasteiger partial charge in [-0.2, -0.15) is 0 Å². The van der Waals surface area contributed by atoms with Crippen molar-refractivity contribution < 1.29 is 14.7 Å². The fourth-order valence-corrected chi connectivity index (χ4v) is 2.18. The number of nitrogens with zero attached hydrogens (tertiary/aromatic N) is 2. The summed E-state index contributed by atoms with van der Waals surface area (Å²) < 4.78 is 0. The van der Waals surface area contributed by atoms with Gasteiger partial charge in [0, 0.05) is 25.0 Å². The number of nitrogens with two attached hydrogens (primary N) is 1. The predicted molar refractivity (Wildman–Crippen MR) is 65.4 cm³/mol. The first kappa shape index (κ1) is 12.3. The summed E-state index contributed by atoms with van der Waals surface area (Å²) in [6.07, 6.45) is 2.01. The highest BCUT2D eigenvalue weighted by Crippen LogP contribution is 2.27. The number of primary amides is 1. The van der Waals surface area contributed by atoms with Crippen molar-refractivity contribution in [2.75, 3.05) is 18.0 Å². The van der Waals surface area contributed by atoms with Crippen LogP contribution < -0.4 is 10.6 Å². The standard InChI is InChI=1S/C12H15N3O3/c1-7-4-10(9(5-14-7)12(17)18)15-3-2-8(6-15)11(13)16/h4-5,8H,2-3,6H2,1H3,(H2,13,16)(H,17,18). The van der Waals surface area contributed by atoms with E-state index in [1.165, 1.54) is 6.20 Å². The number of hydrogen-bond donors (Lipinski definition) is 2. The SMILES string of the molecule is Cc1cc(N2CCC(C(N)=O)C2)c(C(=O)O)cn1. The third-order valence-corrected chi connectivity index (χ3v) is 3.18. The molecule has 1 unspecified atom stereocenters. The van der Waals surface area contributed by atoms with E-state index in [-0.39, 0.29) is 17.4 Å². The topological polar surface area (TPSA) is 96.5 Å². The summed E-state index contributed by atoms with van der Waals surface area (Å²) in [6, 6.07) is 1.73. The summed E-state index contributed by atoms with van der Waals surface area (Å²) in [7, 11) is 0. The molecule has 1 aromatic heterocycles. The Morgan fingerprint density at radius 2 is 2.28 bits per heavy atom. The molecule has 0 aromatic carbocycles. The number of hydrogen-bond acceptors (Lipinski definition) is 4. The van der Waals surface area contributed by atoms with Crippen molar-refractivity contribution in [2.24, 2.45) is 11.7 Å². The Kier molecular flexibility index (Phi) is 3.18. The van der Waals surface area contributed by atoms with Crippen molar-refractivity contribution >= 4 is 17.6 Å². The Morgan fingerprint density at radius 3 is 2.83 bits per heavy atom. The second-order valence-corrected chi connectivity index (χ2v) is 4.48. The Labute approximate surface area is 104 Å². The number of aromatic nitrogens is 1. The minimum atomic E-state index is -1.01. The average molecular weight is 249 g/mol. The van der Waals surface area contributed by atoms with E-state index in [1.807, 2.05) is 4.90 Å². The van der Waals surface area contributed by atoms with Gasteiger partial charge in [0.15, 0.2) is 0 Å². The monoisotopic (exact) mass is 249 g/mol. The van der Waals surface area contributed by atoms with Crippen LogP contribution in [0.15, 0.2) is 12.3 Å². The van der Waals surface area contributed by atoms with Gasteiger partial charge >= 0.3 is 5.97 Å². The van der Waals surface area contributed by atoms with Crippen molar-refractivity contribution in [2.45, 2.75) is 13.3 Å². The van der Waals surface area contributed by atoms with Crippen LogP contribution in [-0.4, -0.2) is 35.1 Å². The zero-order valence-electron chi connectivity index (χ0n) is 10.1. The minimum Gasteiger partial charge on any atom is -0.478 e. The lowest BCUT2D eigenvalue weighted by Gasteiger charge is -2.20. The number of aryl methyl sites for hydroxylation is 1. The first-order chi connectivity index (χ1) is 8.49. The molecule has 1 fully saturated rings. The van der Waals surface area contributed by atoms with Crippen LogP contribution in [0.5, 0.6) is 0 Å². The molecule has 3 N–H and O–H groups in total. The normalized spacial score (nSPS) is 18.9. The second kappa shape index (κ2) is 4.64. The molecular weight excluding hydrogens is 234 g/mol. The Morgan fingerprint density at radius 1 is 1.56 bits per heavy atom. The fraction of sp³-hybridized carbons (Fsp3) is 0.417. The van der Waals surface area contributed by atoms with Gasteiger partial charge in [0.05, 0.1) is 11.6 Å². The molecule has 0 saturated carbocycles. The zero-order chi connectivity index (χ0) is 13.3. The van der Waals surface area contributed by atoms with Gasteiger partial charge in [-0.25, -0.2) is 4.79 Å². The third-order valence-electron chi connectivity index (χ3n) is 3.18. The van der Waals surface area contributed by atoms with Gasteiger partial charge in [-0.15, -0.1) is 0 Å². The summed E-state index contributed by atoms with van der Waals surface area (Å²) in [5.74, 6) is -1.56. The molecular formula is C12H15N3O3. The zero-order valence-corrected chi connectivity index (χ0v) is 10.1. The van der Waals surface area contributed by atoms with Crippen LogP contribution in [0.25, 0.3) is 0 Å². The first-order valence-electron chi connectivity index (χ1n) is 5.73. The molecule has 2 rings (SSSR count). The highest BCUT2D eigenvalue weighted by Gasteiger charge is 2.29. The molecule has 0 aliphatic carbocycles. The van der Waals surface area contributed by atoms with Gasteiger partial charge in [-0.05, 0) is 19.4 Å². The van der Waals surface area contributed by atoms with Crippen LogP contribution in [0.2, 0.25) is 0 Å². The number of rotatable bonds is 3. The molecule has 18 heavy (non-hydrogen) atoms. The van der Waals surface area contributed by atoms with E-state index in [9.17, 15) is 9.59 Å². The average Bonchev–Trinajstić information content (AvgIpc) is 2.77. The van der Waals surface area contributed by atoms with Gasteiger partial charge in [0.2, 0.25) is 5.91 Å². The molecule has 6 nitrogen and oxygen atoms in total. The number of pyridine rings is 1. The van der Waals surface area contributed by atoms with Gasteiger partial charge in [0.1, 0.15) is 5.56 Å². The van der Waals surface area contributed by atoms with Crippen LogP contribution in [0.1, 0.15) is 22.5 Å².